The van der Waals surface area contributed by atoms with Crippen LogP contribution in [0.25, 0.3) is 67.0 Å². The first-order valence-corrected chi connectivity index (χ1v) is 27.7. The van der Waals surface area contributed by atoms with Crippen LogP contribution in [-0.2, 0) is 33.6 Å². The van der Waals surface area contributed by atoms with Gasteiger partial charge < -0.3 is 16.0 Å². The van der Waals surface area contributed by atoms with Gasteiger partial charge in [0.05, 0.1) is 49.2 Å². The van der Waals surface area contributed by atoms with E-state index >= 15 is 0 Å². The fourth-order valence-electron chi connectivity index (χ4n) is 9.43. The van der Waals surface area contributed by atoms with E-state index in [0.29, 0.717) is 17.5 Å². The summed E-state index contributed by atoms with van der Waals surface area (Å²) in [5.74, 6) is 1.21. The van der Waals surface area contributed by atoms with Gasteiger partial charge in [0, 0.05) is 96.6 Å². The summed E-state index contributed by atoms with van der Waals surface area (Å²) < 4.78 is 0. The summed E-state index contributed by atoms with van der Waals surface area (Å²) in [5.41, 5.74) is 18.0. The number of hydrogen-bond donors (Lipinski definition) is 3. The molecule has 3 aromatic carbocycles. The van der Waals surface area contributed by atoms with Crippen LogP contribution in [0.15, 0.2) is 239 Å². The SMILES string of the molecule is Cc1cc(CC(=O)Nc2ccc(-c3cccnn3)cn2)ccc1-c1ccncc1.Cc1cc(CC(=O)Nc2ccc(-c3ccnnc3)cn2)ccc1-c1ccncc1.Cc1cc(CC(=O)Nc2ccc(-c3cnccn3)cn2)ccc1-c1ccncc1. The van der Waals surface area contributed by atoms with E-state index in [1.807, 2.05) is 148 Å². The number of hydrogen-bond acceptors (Lipinski definition) is 15. The summed E-state index contributed by atoms with van der Waals surface area (Å²) in [7, 11) is 0. The van der Waals surface area contributed by atoms with Crippen LogP contribution in [0.2, 0.25) is 0 Å². The molecule has 9 heterocycles. The zero-order valence-corrected chi connectivity index (χ0v) is 47.7. The first-order chi connectivity index (χ1) is 42.6. The molecule has 18 heteroatoms. The average molecular weight is 1140 g/mol. The lowest BCUT2D eigenvalue weighted by Crippen LogP contribution is -2.15. The van der Waals surface area contributed by atoms with Crippen molar-refractivity contribution >= 4 is 35.2 Å². The van der Waals surface area contributed by atoms with Crippen molar-refractivity contribution in [2.75, 3.05) is 16.0 Å². The Morgan fingerprint density at radius 3 is 1.09 bits per heavy atom. The molecule has 0 saturated carbocycles. The fraction of sp³-hybridized carbons (Fsp3) is 0.0870. The molecule has 12 aromatic rings. The number of anilines is 3. The van der Waals surface area contributed by atoms with Gasteiger partial charge in [-0.15, -0.1) is 0 Å². The summed E-state index contributed by atoms with van der Waals surface area (Å²) >= 11 is 0. The molecule has 0 bridgehead atoms. The van der Waals surface area contributed by atoms with E-state index in [9.17, 15) is 14.4 Å². The Hall–Kier alpha value is -11.8. The van der Waals surface area contributed by atoms with Crippen molar-refractivity contribution in [2.45, 2.75) is 40.0 Å². The Kier molecular flexibility index (Phi) is 19.4. The molecular formula is C69H57N15O3. The first kappa shape index (κ1) is 58.4. The van der Waals surface area contributed by atoms with Gasteiger partial charge in [-0.1, -0.05) is 54.6 Å². The normalized spacial score (nSPS) is 10.5. The summed E-state index contributed by atoms with van der Waals surface area (Å²) in [5, 5.41) is 24.1. The zero-order valence-electron chi connectivity index (χ0n) is 47.7. The highest BCUT2D eigenvalue weighted by Gasteiger charge is 2.13. The molecule has 12 rings (SSSR count). The van der Waals surface area contributed by atoms with Gasteiger partial charge in [0.25, 0.3) is 0 Å². The van der Waals surface area contributed by atoms with Gasteiger partial charge in [-0.2, -0.15) is 20.4 Å². The summed E-state index contributed by atoms with van der Waals surface area (Å²) in [6.45, 7) is 6.14. The van der Waals surface area contributed by atoms with E-state index < -0.39 is 0 Å². The van der Waals surface area contributed by atoms with Gasteiger partial charge in [-0.05, 0) is 179 Å². The molecule has 0 atom stereocenters. The molecule has 9 aromatic heterocycles. The Morgan fingerprint density at radius 2 is 0.736 bits per heavy atom. The molecule has 3 N–H and O–H groups in total. The van der Waals surface area contributed by atoms with E-state index in [0.717, 1.165) is 100 Å². The van der Waals surface area contributed by atoms with Crippen molar-refractivity contribution in [3.8, 4) is 67.0 Å². The number of carbonyl (C=O) groups excluding carboxylic acids is 3. The lowest BCUT2D eigenvalue weighted by molar-refractivity contribution is -0.116. The van der Waals surface area contributed by atoms with Crippen molar-refractivity contribution in [1.29, 1.82) is 0 Å². The molecule has 0 radical (unpaired) electrons. The van der Waals surface area contributed by atoms with E-state index in [2.05, 4.69) is 76.2 Å². The van der Waals surface area contributed by atoms with Gasteiger partial charge >= 0.3 is 0 Å². The van der Waals surface area contributed by atoms with Crippen molar-refractivity contribution in [2.24, 2.45) is 0 Å². The summed E-state index contributed by atoms with van der Waals surface area (Å²) in [4.78, 5) is 70.6. The minimum Gasteiger partial charge on any atom is -0.310 e. The highest BCUT2D eigenvalue weighted by Crippen LogP contribution is 2.28. The van der Waals surface area contributed by atoms with Crippen molar-refractivity contribution in [1.82, 2.24) is 60.3 Å². The molecule has 0 saturated heterocycles. The highest BCUT2D eigenvalue weighted by atomic mass is 16.2. The third-order valence-electron chi connectivity index (χ3n) is 13.7. The number of pyridine rings is 6. The predicted molar refractivity (Wildman–Crippen MR) is 336 cm³/mol. The largest absolute Gasteiger partial charge is 0.310 e. The number of aromatic nitrogens is 12. The van der Waals surface area contributed by atoms with Crippen LogP contribution in [-0.4, -0.2) is 78.0 Å². The van der Waals surface area contributed by atoms with Crippen LogP contribution in [0, 0.1) is 20.8 Å². The second kappa shape index (κ2) is 29.0. The number of amides is 3. The van der Waals surface area contributed by atoms with Crippen LogP contribution in [0.5, 0.6) is 0 Å². The quantitative estimate of drug-likeness (QED) is 0.0864. The van der Waals surface area contributed by atoms with Crippen molar-refractivity contribution in [3.63, 3.8) is 0 Å². The van der Waals surface area contributed by atoms with Crippen LogP contribution in [0.1, 0.15) is 33.4 Å². The first-order valence-electron chi connectivity index (χ1n) is 27.7. The third-order valence-corrected chi connectivity index (χ3v) is 13.7. The molecule has 426 valence electrons. The molecular weight excluding hydrogens is 1090 g/mol. The van der Waals surface area contributed by atoms with Crippen LogP contribution < -0.4 is 16.0 Å². The Balaban J connectivity index is 0.000000144. The number of nitrogens with zero attached hydrogens (tertiary/aromatic N) is 12. The van der Waals surface area contributed by atoms with Crippen LogP contribution in [0.3, 0.4) is 0 Å². The number of benzene rings is 3. The summed E-state index contributed by atoms with van der Waals surface area (Å²) in [6, 6.07) is 46.5. The van der Waals surface area contributed by atoms with Gasteiger partial charge in [0.1, 0.15) is 17.5 Å². The monoisotopic (exact) mass is 1140 g/mol. The maximum Gasteiger partial charge on any atom is 0.229 e. The van der Waals surface area contributed by atoms with E-state index in [-0.39, 0.29) is 37.0 Å². The third kappa shape index (κ3) is 16.5. The molecule has 0 aliphatic carbocycles. The molecule has 0 fully saturated rings. The molecule has 0 spiro atoms. The lowest BCUT2D eigenvalue weighted by Gasteiger charge is -2.09. The maximum atomic E-state index is 12.4. The smallest absolute Gasteiger partial charge is 0.229 e. The van der Waals surface area contributed by atoms with Gasteiger partial charge in [0.15, 0.2) is 0 Å². The minimum absolute atomic E-state index is 0.105. The number of nitrogens with one attached hydrogen (secondary N) is 3. The highest BCUT2D eigenvalue weighted by molar-refractivity contribution is 5.93. The number of rotatable bonds is 15. The Morgan fingerprint density at radius 1 is 0.322 bits per heavy atom. The van der Waals surface area contributed by atoms with Gasteiger partial charge in [0.2, 0.25) is 17.7 Å². The fourth-order valence-corrected chi connectivity index (χ4v) is 9.43. The molecule has 0 aliphatic heterocycles. The van der Waals surface area contributed by atoms with E-state index in [4.69, 9.17) is 0 Å². The Labute approximate surface area is 502 Å². The molecule has 18 nitrogen and oxygen atoms in total. The predicted octanol–water partition coefficient (Wildman–Crippen LogP) is 12.3. The van der Waals surface area contributed by atoms with Crippen molar-refractivity contribution in [3.05, 3.63) is 272 Å². The number of aryl methyl sites for hydroxylation is 3. The van der Waals surface area contributed by atoms with E-state index in [1.165, 1.54) is 0 Å². The van der Waals surface area contributed by atoms with E-state index in [1.54, 1.807) is 111 Å². The van der Waals surface area contributed by atoms with Crippen LogP contribution in [0.4, 0.5) is 17.5 Å². The average Bonchev–Trinajstić information content (AvgIpc) is 3.76. The molecule has 0 unspecified atom stereocenters. The molecule has 87 heavy (non-hydrogen) atoms. The van der Waals surface area contributed by atoms with Gasteiger partial charge in [-0.3, -0.25) is 39.3 Å². The Bertz CT molecular complexity index is 3780. The second-order valence-electron chi connectivity index (χ2n) is 20.0. The maximum absolute atomic E-state index is 12.4. The van der Waals surface area contributed by atoms with Crippen LogP contribution >= 0.6 is 0 Å². The van der Waals surface area contributed by atoms with Crippen molar-refractivity contribution < 1.29 is 14.4 Å². The second-order valence-corrected chi connectivity index (χ2v) is 20.0. The lowest BCUT2D eigenvalue weighted by atomic mass is 9.98. The summed E-state index contributed by atoms with van der Waals surface area (Å²) in [6.07, 6.45) is 26.4. The zero-order chi connectivity index (χ0) is 60.2. The number of carbonyl (C=O) groups is 3. The minimum atomic E-state index is -0.110. The topological polar surface area (TPSA) is 242 Å². The molecule has 0 aliphatic rings. The molecule has 3 amide bonds. The van der Waals surface area contributed by atoms with Gasteiger partial charge in [-0.25, -0.2) is 15.0 Å². The standard InChI is InChI=1S/3C23H19N5O/c1-16-12-17(2-4-21(16)18-6-9-24-10-7-18)13-23(29)28-22-5-3-19(14-25-22)20-8-11-26-27-15-20;1-16-12-17(2-4-20(16)18-6-8-24-9-7-18)13-23(29)28-22-5-3-19(14-27-22)21-15-25-10-11-26-21;1-16-13-17(4-6-20(16)18-8-11-24-12-9-18)14-23(29)27-22-7-5-19(15-25-22)21-3-2-10-26-28-21/h2-12,14-15H,13H2,1H3,(H,25,28,29);2-12,14-15H,13H2,1H3,(H,27,28,29);2-13,15H,14H2,1H3,(H,25,27,29).